The summed E-state index contributed by atoms with van der Waals surface area (Å²) in [5.41, 5.74) is 2.58. The molecule has 2 rings (SSSR count). The Morgan fingerprint density at radius 2 is 2.40 bits per heavy atom. The normalized spacial score (nSPS) is 20.7. The molecule has 1 aromatic carbocycles. The third kappa shape index (κ3) is 3.33. The van der Waals surface area contributed by atoms with E-state index in [1.54, 1.807) is 0 Å². The predicted molar refractivity (Wildman–Crippen MR) is 61.8 cm³/mol. The standard InChI is InChI=1S/C13H19NO/c1-11-3-2-4-12(7-11)9-15-10-13-5-6-14-8-13/h2-4,7,13-14H,5-6,8-10H2,1H3/t13-/m1/s1. The maximum atomic E-state index is 5.72. The minimum atomic E-state index is 0.717. The van der Waals surface area contributed by atoms with Crippen LogP contribution in [0.3, 0.4) is 0 Å². The van der Waals surface area contributed by atoms with E-state index in [9.17, 15) is 0 Å². The molecule has 15 heavy (non-hydrogen) atoms. The molecule has 0 unspecified atom stereocenters. The highest BCUT2D eigenvalue weighted by Gasteiger charge is 2.13. The maximum Gasteiger partial charge on any atom is 0.0717 e. The lowest BCUT2D eigenvalue weighted by atomic mass is 10.1. The summed E-state index contributed by atoms with van der Waals surface area (Å²) in [6.07, 6.45) is 1.26. The van der Waals surface area contributed by atoms with Crippen molar-refractivity contribution in [2.75, 3.05) is 19.7 Å². The number of benzene rings is 1. The molecule has 0 aromatic heterocycles. The van der Waals surface area contributed by atoms with Crippen molar-refractivity contribution < 1.29 is 4.74 Å². The second-order valence-electron chi connectivity index (χ2n) is 4.36. The molecular formula is C13H19NO. The van der Waals surface area contributed by atoms with Crippen LogP contribution in [0.4, 0.5) is 0 Å². The molecular weight excluding hydrogens is 186 g/mol. The third-order valence-corrected chi connectivity index (χ3v) is 2.87. The largest absolute Gasteiger partial charge is 0.376 e. The van der Waals surface area contributed by atoms with Gasteiger partial charge >= 0.3 is 0 Å². The fourth-order valence-corrected chi connectivity index (χ4v) is 2.00. The van der Waals surface area contributed by atoms with E-state index < -0.39 is 0 Å². The molecule has 2 heteroatoms. The van der Waals surface area contributed by atoms with Gasteiger partial charge in [0.1, 0.15) is 0 Å². The first-order valence-corrected chi connectivity index (χ1v) is 5.68. The van der Waals surface area contributed by atoms with Crippen LogP contribution in [0.5, 0.6) is 0 Å². The molecule has 1 aliphatic heterocycles. The number of hydrogen-bond donors (Lipinski definition) is 1. The molecule has 2 nitrogen and oxygen atoms in total. The molecule has 0 spiro atoms. The number of hydrogen-bond acceptors (Lipinski definition) is 2. The Hall–Kier alpha value is -0.860. The topological polar surface area (TPSA) is 21.3 Å². The Morgan fingerprint density at radius 1 is 1.47 bits per heavy atom. The van der Waals surface area contributed by atoms with Gasteiger partial charge in [-0.3, -0.25) is 0 Å². The molecule has 0 amide bonds. The van der Waals surface area contributed by atoms with Crippen LogP contribution in [0.15, 0.2) is 24.3 Å². The predicted octanol–water partition coefficient (Wildman–Crippen LogP) is 2.12. The zero-order chi connectivity index (χ0) is 10.5. The average molecular weight is 205 g/mol. The highest BCUT2D eigenvalue weighted by Crippen LogP contribution is 2.10. The summed E-state index contributed by atoms with van der Waals surface area (Å²) in [5.74, 6) is 0.717. The average Bonchev–Trinajstić information content (AvgIpc) is 2.71. The summed E-state index contributed by atoms with van der Waals surface area (Å²) in [4.78, 5) is 0. The molecule has 0 aliphatic carbocycles. The molecule has 1 fully saturated rings. The van der Waals surface area contributed by atoms with Crippen LogP contribution in [0.2, 0.25) is 0 Å². The Labute approximate surface area is 91.6 Å². The van der Waals surface area contributed by atoms with Gasteiger partial charge in [-0.1, -0.05) is 29.8 Å². The minimum absolute atomic E-state index is 0.717. The van der Waals surface area contributed by atoms with Crippen molar-refractivity contribution in [1.82, 2.24) is 5.32 Å². The molecule has 1 N–H and O–H groups in total. The van der Waals surface area contributed by atoms with Gasteiger partial charge < -0.3 is 10.1 Å². The smallest absolute Gasteiger partial charge is 0.0717 e. The van der Waals surface area contributed by atoms with E-state index in [-0.39, 0.29) is 0 Å². The Bertz CT molecular complexity index is 305. The Kier molecular flexibility index (Phi) is 3.75. The van der Waals surface area contributed by atoms with E-state index in [0.717, 1.165) is 32.2 Å². The van der Waals surface area contributed by atoms with Crippen molar-refractivity contribution in [3.63, 3.8) is 0 Å². The molecule has 0 bridgehead atoms. The van der Waals surface area contributed by atoms with Gasteiger partial charge in [-0.25, -0.2) is 0 Å². The monoisotopic (exact) mass is 205 g/mol. The lowest BCUT2D eigenvalue weighted by Crippen LogP contribution is -2.13. The van der Waals surface area contributed by atoms with Gasteiger partial charge in [0.25, 0.3) is 0 Å². The molecule has 0 saturated carbocycles. The van der Waals surface area contributed by atoms with Crippen molar-refractivity contribution in [2.24, 2.45) is 5.92 Å². The quantitative estimate of drug-likeness (QED) is 0.813. The maximum absolute atomic E-state index is 5.72. The van der Waals surface area contributed by atoms with E-state index in [4.69, 9.17) is 4.74 Å². The lowest BCUT2D eigenvalue weighted by molar-refractivity contribution is 0.0924. The first kappa shape index (κ1) is 10.7. The summed E-state index contributed by atoms with van der Waals surface area (Å²) in [6.45, 7) is 6.02. The van der Waals surface area contributed by atoms with Gasteiger partial charge in [0, 0.05) is 6.54 Å². The van der Waals surface area contributed by atoms with Gasteiger partial charge in [-0.05, 0) is 31.4 Å². The van der Waals surface area contributed by atoms with Gasteiger partial charge in [0.05, 0.1) is 13.2 Å². The van der Waals surface area contributed by atoms with Crippen molar-refractivity contribution >= 4 is 0 Å². The van der Waals surface area contributed by atoms with Crippen molar-refractivity contribution in [3.8, 4) is 0 Å². The molecule has 1 heterocycles. The van der Waals surface area contributed by atoms with E-state index in [2.05, 4.69) is 36.5 Å². The fraction of sp³-hybridized carbons (Fsp3) is 0.538. The van der Waals surface area contributed by atoms with E-state index >= 15 is 0 Å². The number of nitrogens with one attached hydrogen (secondary N) is 1. The van der Waals surface area contributed by atoms with Crippen LogP contribution >= 0.6 is 0 Å². The highest BCUT2D eigenvalue weighted by atomic mass is 16.5. The zero-order valence-electron chi connectivity index (χ0n) is 9.33. The minimum Gasteiger partial charge on any atom is -0.376 e. The van der Waals surface area contributed by atoms with Crippen molar-refractivity contribution in [2.45, 2.75) is 20.0 Å². The molecule has 1 aromatic rings. The van der Waals surface area contributed by atoms with E-state index in [1.165, 1.54) is 17.5 Å². The molecule has 82 valence electrons. The van der Waals surface area contributed by atoms with Crippen LogP contribution in [0, 0.1) is 12.8 Å². The molecule has 1 atom stereocenters. The van der Waals surface area contributed by atoms with Gasteiger partial charge in [0.2, 0.25) is 0 Å². The summed E-state index contributed by atoms with van der Waals surface area (Å²) >= 11 is 0. The van der Waals surface area contributed by atoms with E-state index in [1.807, 2.05) is 0 Å². The first-order valence-electron chi connectivity index (χ1n) is 5.68. The van der Waals surface area contributed by atoms with Crippen molar-refractivity contribution in [1.29, 1.82) is 0 Å². The SMILES string of the molecule is Cc1cccc(COC[C@@H]2CCNC2)c1. The van der Waals surface area contributed by atoms with Crippen LogP contribution < -0.4 is 5.32 Å². The second kappa shape index (κ2) is 5.29. The van der Waals surface area contributed by atoms with Gasteiger partial charge in [-0.2, -0.15) is 0 Å². The van der Waals surface area contributed by atoms with Crippen LogP contribution in [0.25, 0.3) is 0 Å². The summed E-state index contributed by atoms with van der Waals surface area (Å²) in [6, 6.07) is 8.52. The molecule has 0 radical (unpaired) electrons. The second-order valence-corrected chi connectivity index (χ2v) is 4.36. The van der Waals surface area contributed by atoms with Crippen LogP contribution in [-0.2, 0) is 11.3 Å². The van der Waals surface area contributed by atoms with Crippen LogP contribution in [-0.4, -0.2) is 19.7 Å². The fourth-order valence-electron chi connectivity index (χ4n) is 2.00. The van der Waals surface area contributed by atoms with Gasteiger partial charge in [0.15, 0.2) is 0 Å². The molecule has 1 aliphatic rings. The summed E-state index contributed by atoms with van der Waals surface area (Å²) < 4.78 is 5.72. The van der Waals surface area contributed by atoms with Gasteiger partial charge in [-0.15, -0.1) is 0 Å². The first-order chi connectivity index (χ1) is 7.34. The zero-order valence-corrected chi connectivity index (χ0v) is 9.33. The van der Waals surface area contributed by atoms with E-state index in [0.29, 0.717) is 0 Å². The number of aryl methyl sites for hydroxylation is 1. The van der Waals surface area contributed by atoms with Crippen molar-refractivity contribution in [3.05, 3.63) is 35.4 Å². The Morgan fingerprint density at radius 3 is 3.13 bits per heavy atom. The number of ether oxygens (including phenoxy) is 1. The highest BCUT2D eigenvalue weighted by molar-refractivity contribution is 5.21. The molecule has 1 saturated heterocycles. The summed E-state index contributed by atoms with van der Waals surface area (Å²) in [7, 11) is 0. The Balaban J connectivity index is 1.73. The lowest BCUT2D eigenvalue weighted by Gasteiger charge is -2.09. The number of rotatable bonds is 4. The summed E-state index contributed by atoms with van der Waals surface area (Å²) in [5, 5.41) is 3.35. The third-order valence-electron chi connectivity index (χ3n) is 2.87. The van der Waals surface area contributed by atoms with Crippen LogP contribution in [0.1, 0.15) is 17.5 Å².